The molecule has 4 N–H and O–H groups in total. The van der Waals surface area contributed by atoms with Gasteiger partial charge >= 0.3 is 0 Å². The van der Waals surface area contributed by atoms with E-state index in [1.54, 1.807) is 6.07 Å². The Labute approximate surface area is 64.1 Å². The van der Waals surface area contributed by atoms with Crippen LogP contribution in [0.15, 0.2) is 0 Å². The van der Waals surface area contributed by atoms with Gasteiger partial charge in [0.05, 0.1) is 25.2 Å². The molecular weight excluding hydrogens is 150 g/mol. The lowest BCUT2D eigenvalue weighted by Gasteiger charge is -2.18. The van der Waals surface area contributed by atoms with E-state index in [-0.39, 0.29) is 6.42 Å². The van der Waals surface area contributed by atoms with Gasteiger partial charge in [-0.2, -0.15) is 5.26 Å². The molecule has 11 heavy (non-hydrogen) atoms. The molecule has 0 saturated heterocycles. The van der Waals surface area contributed by atoms with Crippen LogP contribution < -0.4 is 0 Å². The van der Waals surface area contributed by atoms with Crippen molar-refractivity contribution >= 4 is 0 Å². The first-order valence-electron chi connectivity index (χ1n) is 3.15. The van der Waals surface area contributed by atoms with Crippen LogP contribution in [0.4, 0.5) is 0 Å². The molecule has 0 aromatic rings. The first-order chi connectivity index (χ1) is 5.13. The van der Waals surface area contributed by atoms with Crippen molar-refractivity contribution in [2.45, 2.75) is 24.7 Å². The van der Waals surface area contributed by atoms with E-state index in [2.05, 4.69) is 0 Å². The first-order valence-corrected chi connectivity index (χ1v) is 3.15. The van der Waals surface area contributed by atoms with E-state index < -0.39 is 24.9 Å². The lowest BCUT2D eigenvalue weighted by molar-refractivity contribution is -0.0742. The molecule has 0 spiro atoms. The van der Waals surface area contributed by atoms with E-state index >= 15 is 0 Å². The molecule has 0 aromatic carbocycles. The fourth-order valence-electron chi connectivity index (χ4n) is 0.579. The normalized spacial score (nSPS) is 18.5. The summed E-state index contributed by atoms with van der Waals surface area (Å²) in [4.78, 5) is 0. The van der Waals surface area contributed by atoms with Gasteiger partial charge in [0.2, 0.25) is 0 Å². The maximum absolute atomic E-state index is 8.91. The van der Waals surface area contributed by atoms with Crippen molar-refractivity contribution in [3.8, 4) is 6.07 Å². The summed E-state index contributed by atoms with van der Waals surface area (Å²) >= 11 is 0. The molecule has 0 heterocycles. The minimum atomic E-state index is -1.46. The second kappa shape index (κ2) is 5.04. The van der Waals surface area contributed by atoms with Crippen LogP contribution >= 0.6 is 0 Å². The van der Waals surface area contributed by atoms with Gasteiger partial charge in [-0.05, 0) is 0 Å². The minimum Gasteiger partial charge on any atom is -0.394 e. The molecule has 0 aliphatic heterocycles. The number of hydrogen-bond donors (Lipinski definition) is 4. The SMILES string of the molecule is N#CC[C@@H](O)[C@H](O)[C@H](O)CO. The topological polar surface area (TPSA) is 105 Å². The van der Waals surface area contributed by atoms with Gasteiger partial charge in [-0.3, -0.25) is 0 Å². The zero-order valence-corrected chi connectivity index (χ0v) is 5.88. The number of aliphatic hydroxyl groups is 4. The van der Waals surface area contributed by atoms with Gasteiger partial charge in [0.25, 0.3) is 0 Å². The number of aliphatic hydroxyl groups excluding tert-OH is 4. The van der Waals surface area contributed by atoms with Crippen LogP contribution in [0.3, 0.4) is 0 Å². The summed E-state index contributed by atoms with van der Waals surface area (Å²) in [5, 5.41) is 42.9. The second-order valence-electron chi connectivity index (χ2n) is 2.17. The zero-order chi connectivity index (χ0) is 8.85. The van der Waals surface area contributed by atoms with Crippen molar-refractivity contribution in [3.05, 3.63) is 0 Å². The van der Waals surface area contributed by atoms with Crippen LogP contribution in [0.25, 0.3) is 0 Å². The lowest BCUT2D eigenvalue weighted by atomic mass is 10.1. The Balaban J connectivity index is 3.82. The zero-order valence-electron chi connectivity index (χ0n) is 5.88. The van der Waals surface area contributed by atoms with E-state index in [1.807, 2.05) is 0 Å². The quantitative estimate of drug-likeness (QED) is 0.381. The predicted octanol–water partition coefficient (Wildman–Crippen LogP) is -2.02. The molecule has 5 nitrogen and oxygen atoms in total. The van der Waals surface area contributed by atoms with Crippen molar-refractivity contribution in [1.82, 2.24) is 0 Å². The summed E-state index contributed by atoms with van der Waals surface area (Å²) in [6.45, 7) is -0.635. The van der Waals surface area contributed by atoms with E-state index in [0.29, 0.717) is 0 Å². The molecule has 0 saturated carbocycles. The van der Waals surface area contributed by atoms with Crippen molar-refractivity contribution in [2.24, 2.45) is 0 Å². The number of rotatable bonds is 4. The monoisotopic (exact) mass is 161 g/mol. The molecule has 0 aromatic heterocycles. The molecule has 0 rings (SSSR count). The third-order valence-corrected chi connectivity index (χ3v) is 1.28. The van der Waals surface area contributed by atoms with Gasteiger partial charge < -0.3 is 20.4 Å². The maximum atomic E-state index is 8.91. The molecule has 0 amide bonds. The first kappa shape index (κ1) is 10.3. The van der Waals surface area contributed by atoms with Crippen molar-refractivity contribution in [1.29, 1.82) is 5.26 Å². The molecule has 0 aliphatic carbocycles. The highest BCUT2D eigenvalue weighted by atomic mass is 16.4. The molecule has 64 valence electrons. The van der Waals surface area contributed by atoms with Gasteiger partial charge in [0.1, 0.15) is 12.2 Å². The summed E-state index contributed by atoms with van der Waals surface area (Å²) < 4.78 is 0. The molecule has 0 unspecified atom stereocenters. The van der Waals surface area contributed by atoms with E-state index in [4.69, 9.17) is 25.7 Å². The Morgan fingerprint density at radius 3 is 2.09 bits per heavy atom. The van der Waals surface area contributed by atoms with Crippen LogP contribution in [0.5, 0.6) is 0 Å². The smallest absolute Gasteiger partial charge is 0.109 e. The van der Waals surface area contributed by atoms with Crippen LogP contribution in [0, 0.1) is 11.3 Å². The van der Waals surface area contributed by atoms with Gasteiger partial charge in [0.15, 0.2) is 0 Å². The highest BCUT2D eigenvalue weighted by molar-refractivity contribution is 4.83. The Kier molecular flexibility index (Phi) is 4.74. The van der Waals surface area contributed by atoms with Crippen molar-refractivity contribution in [2.75, 3.05) is 6.61 Å². The van der Waals surface area contributed by atoms with Gasteiger partial charge in [-0.15, -0.1) is 0 Å². The minimum absolute atomic E-state index is 0.266. The molecule has 0 radical (unpaired) electrons. The second-order valence-corrected chi connectivity index (χ2v) is 2.17. The van der Waals surface area contributed by atoms with Crippen molar-refractivity contribution in [3.63, 3.8) is 0 Å². The molecule has 0 fully saturated rings. The molecule has 0 aliphatic rings. The van der Waals surface area contributed by atoms with Gasteiger partial charge in [0, 0.05) is 0 Å². The van der Waals surface area contributed by atoms with E-state index in [9.17, 15) is 0 Å². The Morgan fingerprint density at radius 1 is 1.18 bits per heavy atom. The van der Waals surface area contributed by atoms with Crippen LogP contribution in [-0.2, 0) is 0 Å². The number of nitriles is 1. The number of nitrogens with zero attached hydrogens (tertiary/aromatic N) is 1. The Bertz CT molecular complexity index is 144. The average molecular weight is 161 g/mol. The van der Waals surface area contributed by atoms with Gasteiger partial charge in [-0.1, -0.05) is 0 Å². The van der Waals surface area contributed by atoms with E-state index in [0.717, 1.165) is 0 Å². The van der Waals surface area contributed by atoms with Crippen LogP contribution in [0.2, 0.25) is 0 Å². The standard InChI is InChI=1S/C6H11NO4/c7-2-1-4(9)6(11)5(10)3-8/h4-6,8-11H,1,3H2/t4-,5-,6+/m1/s1. The predicted molar refractivity (Wildman–Crippen MR) is 35.3 cm³/mol. The summed E-state index contributed by atoms with van der Waals surface area (Å²) in [6, 6.07) is 1.62. The fraction of sp³-hybridized carbons (Fsp3) is 0.833. The number of hydrogen-bond acceptors (Lipinski definition) is 5. The molecule has 3 atom stereocenters. The third-order valence-electron chi connectivity index (χ3n) is 1.28. The average Bonchev–Trinajstić information content (AvgIpc) is 2.02. The largest absolute Gasteiger partial charge is 0.394 e. The highest BCUT2D eigenvalue weighted by Gasteiger charge is 2.23. The Morgan fingerprint density at radius 2 is 1.73 bits per heavy atom. The lowest BCUT2D eigenvalue weighted by Crippen LogP contribution is -2.39. The van der Waals surface area contributed by atoms with Crippen molar-refractivity contribution < 1.29 is 20.4 Å². The molecular formula is C6H11NO4. The summed E-state index contributed by atoms with van der Waals surface area (Å²) in [7, 11) is 0. The third kappa shape index (κ3) is 3.30. The summed E-state index contributed by atoms with van der Waals surface area (Å²) in [5.41, 5.74) is 0. The highest BCUT2D eigenvalue weighted by Crippen LogP contribution is 2.02. The van der Waals surface area contributed by atoms with E-state index in [1.165, 1.54) is 0 Å². The molecule has 5 heteroatoms. The van der Waals surface area contributed by atoms with Gasteiger partial charge in [-0.25, -0.2) is 0 Å². The van der Waals surface area contributed by atoms with Crippen LogP contribution in [-0.4, -0.2) is 45.3 Å². The Hall–Kier alpha value is -0.670. The fourth-order valence-corrected chi connectivity index (χ4v) is 0.579. The molecule has 0 bridgehead atoms. The maximum Gasteiger partial charge on any atom is 0.109 e. The summed E-state index contributed by atoms with van der Waals surface area (Å²) in [5.74, 6) is 0. The summed E-state index contributed by atoms with van der Waals surface area (Å²) in [6.07, 6.45) is -4.42. The van der Waals surface area contributed by atoms with Crippen LogP contribution in [0.1, 0.15) is 6.42 Å².